The zero-order valence-electron chi connectivity index (χ0n) is 28.4. The molecule has 0 bridgehead atoms. The summed E-state index contributed by atoms with van der Waals surface area (Å²) in [6.07, 6.45) is 0.609. The van der Waals surface area contributed by atoms with Gasteiger partial charge in [0.1, 0.15) is 17.2 Å². The fourth-order valence-corrected chi connectivity index (χ4v) is 4.80. The molecule has 0 fully saturated rings. The Morgan fingerprint density at radius 1 is 0.738 bits per heavy atom. The van der Waals surface area contributed by atoms with Crippen molar-refractivity contribution in [2.75, 3.05) is 0 Å². The molecule has 0 heterocycles. The first-order chi connectivity index (χ1) is 18.7. The van der Waals surface area contributed by atoms with E-state index >= 15 is 0 Å². The summed E-state index contributed by atoms with van der Waals surface area (Å²) in [5.41, 5.74) is 4.27. The number of carboxylic acid groups (broad SMARTS) is 1. The van der Waals surface area contributed by atoms with Gasteiger partial charge in [0.25, 0.3) is 0 Å². The highest BCUT2D eigenvalue weighted by Crippen LogP contribution is 2.45. The summed E-state index contributed by atoms with van der Waals surface area (Å²) in [7, 11) is 0. The number of hydrogen-bond acceptors (Lipinski definition) is 5. The minimum atomic E-state index is -0.988. The van der Waals surface area contributed by atoms with Crippen molar-refractivity contribution in [2.24, 2.45) is 0 Å². The van der Waals surface area contributed by atoms with Crippen molar-refractivity contribution >= 4 is 11.9 Å². The number of carbonyl (C=O) groups is 2. The summed E-state index contributed by atoms with van der Waals surface area (Å²) in [4.78, 5) is 22.6. The van der Waals surface area contributed by atoms with Crippen LogP contribution in [-0.4, -0.2) is 27.3 Å². The standard InChI is InChI=1S/C18H26O3.C18H28O3/c1-11(16(20)21)8-12-9-13(17(2,3)4)15(19)14(10-12)18(5,6)7;1-9-14(19)21-13-10-12(17(3,4)5)16(20)15(11(13)2)18(6,7)8/h9-10,19H,1,8H2,2-7H3,(H,20,21);10,20H,9H2,1-8H3. The van der Waals surface area contributed by atoms with Crippen molar-refractivity contribution in [3.05, 3.63) is 63.7 Å². The molecule has 0 amide bonds. The van der Waals surface area contributed by atoms with Crippen LogP contribution in [0.15, 0.2) is 30.4 Å². The zero-order valence-corrected chi connectivity index (χ0v) is 28.4. The molecule has 3 N–H and O–H groups in total. The van der Waals surface area contributed by atoms with Gasteiger partial charge in [-0.05, 0) is 56.9 Å². The van der Waals surface area contributed by atoms with Crippen molar-refractivity contribution in [3.8, 4) is 17.2 Å². The van der Waals surface area contributed by atoms with Gasteiger partial charge in [-0.2, -0.15) is 0 Å². The Hall–Kier alpha value is -3.28. The average Bonchev–Trinajstić information content (AvgIpc) is 2.78. The van der Waals surface area contributed by atoms with Gasteiger partial charge in [0.05, 0.1) is 0 Å². The van der Waals surface area contributed by atoms with Gasteiger partial charge in [-0.15, -0.1) is 0 Å². The van der Waals surface area contributed by atoms with Crippen LogP contribution >= 0.6 is 0 Å². The lowest BCUT2D eigenvalue weighted by Crippen LogP contribution is -2.20. The highest BCUT2D eigenvalue weighted by Gasteiger charge is 2.30. The van der Waals surface area contributed by atoms with E-state index in [0.717, 1.165) is 33.4 Å². The van der Waals surface area contributed by atoms with Gasteiger partial charge in [-0.3, -0.25) is 4.79 Å². The minimum absolute atomic E-state index is 0.153. The van der Waals surface area contributed by atoms with Gasteiger partial charge < -0.3 is 20.1 Å². The second kappa shape index (κ2) is 12.9. The molecule has 6 nitrogen and oxygen atoms in total. The lowest BCUT2D eigenvalue weighted by molar-refractivity contribution is -0.134. The van der Waals surface area contributed by atoms with Crippen LogP contribution in [0.25, 0.3) is 0 Å². The largest absolute Gasteiger partial charge is 0.507 e. The number of esters is 1. The molecule has 0 radical (unpaired) electrons. The number of carboxylic acids is 1. The van der Waals surface area contributed by atoms with Crippen molar-refractivity contribution in [1.29, 1.82) is 0 Å². The number of hydrogen-bond donors (Lipinski definition) is 3. The Morgan fingerprint density at radius 2 is 1.14 bits per heavy atom. The first-order valence-corrected chi connectivity index (χ1v) is 14.6. The average molecular weight is 583 g/mol. The Labute approximate surface area is 253 Å². The van der Waals surface area contributed by atoms with E-state index in [9.17, 15) is 19.8 Å². The van der Waals surface area contributed by atoms with E-state index in [0.29, 0.717) is 23.7 Å². The van der Waals surface area contributed by atoms with E-state index in [1.165, 1.54) is 0 Å². The lowest BCUT2D eigenvalue weighted by Gasteiger charge is -2.30. The van der Waals surface area contributed by atoms with E-state index in [4.69, 9.17) is 9.84 Å². The number of phenolic OH excluding ortho intramolecular Hbond substituents is 2. The van der Waals surface area contributed by atoms with Crippen LogP contribution in [0.4, 0.5) is 0 Å². The van der Waals surface area contributed by atoms with Crippen LogP contribution in [0.2, 0.25) is 0 Å². The van der Waals surface area contributed by atoms with Gasteiger partial charge in [-0.1, -0.05) is 109 Å². The number of aromatic hydroxyl groups is 2. The summed E-state index contributed by atoms with van der Waals surface area (Å²) in [6.45, 7) is 31.7. The maximum Gasteiger partial charge on any atom is 0.331 e. The molecule has 0 aromatic heterocycles. The molecular weight excluding hydrogens is 528 g/mol. The fourth-order valence-electron chi connectivity index (χ4n) is 4.80. The Morgan fingerprint density at radius 3 is 1.48 bits per heavy atom. The molecular formula is C36H54O6. The van der Waals surface area contributed by atoms with Crippen LogP contribution in [0.3, 0.4) is 0 Å². The molecule has 0 spiro atoms. The van der Waals surface area contributed by atoms with Crippen molar-refractivity contribution in [1.82, 2.24) is 0 Å². The second-order valence-corrected chi connectivity index (χ2v) is 15.2. The molecule has 0 unspecified atom stereocenters. The van der Waals surface area contributed by atoms with Crippen LogP contribution in [-0.2, 0) is 37.7 Å². The first-order valence-electron chi connectivity index (χ1n) is 14.6. The topological polar surface area (TPSA) is 104 Å². The number of rotatable bonds is 5. The van der Waals surface area contributed by atoms with E-state index in [1.807, 2.05) is 102 Å². The molecule has 6 heteroatoms. The van der Waals surface area contributed by atoms with Gasteiger partial charge >= 0.3 is 11.9 Å². The van der Waals surface area contributed by atoms with Gasteiger partial charge in [0.2, 0.25) is 0 Å². The normalized spacial score (nSPS) is 12.3. The van der Waals surface area contributed by atoms with Crippen LogP contribution < -0.4 is 4.74 Å². The number of phenols is 2. The van der Waals surface area contributed by atoms with E-state index in [1.54, 1.807) is 13.0 Å². The highest BCUT2D eigenvalue weighted by atomic mass is 16.5. The Bertz CT molecular complexity index is 1280. The number of ether oxygens (including phenoxy) is 1. The highest BCUT2D eigenvalue weighted by molar-refractivity contribution is 5.86. The monoisotopic (exact) mass is 582 g/mol. The molecule has 234 valence electrons. The zero-order chi connectivity index (χ0) is 33.2. The number of benzene rings is 2. The Balaban J connectivity index is 0.000000420. The second-order valence-electron chi connectivity index (χ2n) is 15.2. The third kappa shape index (κ3) is 9.37. The number of aliphatic carboxylic acids is 1. The Kier molecular flexibility index (Phi) is 11.3. The van der Waals surface area contributed by atoms with Crippen LogP contribution in [0.5, 0.6) is 17.2 Å². The predicted molar refractivity (Wildman–Crippen MR) is 172 cm³/mol. The molecule has 42 heavy (non-hydrogen) atoms. The van der Waals surface area contributed by atoms with E-state index in [-0.39, 0.29) is 39.6 Å². The van der Waals surface area contributed by atoms with Crippen LogP contribution in [0, 0.1) is 6.92 Å². The fraction of sp³-hybridized carbons (Fsp3) is 0.556. The van der Waals surface area contributed by atoms with Gasteiger partial charge in [0.15, 0.2) is 0 Å². The quantitative estimate of drug-likeness (QED) is 0.185. The van der Waals surface area contributed by atoms with E-state index in [2.05, 4.69) is 6.58 Å². The summed E-state index contributed by atoms with van der Waals surface area (Å²) < 4.78 is 5.47. The smallest absolute Gasteiger partial charge is 0.331 e. The SMILES string of the molecule is C=C(Cc1cc(C(C)(C)C)c(O)c(C(C)(C)C)c1)C(=O)O.CCC(=O)Oc1cc(C(C)(C)C)c(O)c(C(C)(C)C)c1C. The molecule has 2 rings (SSSR count). The van der Waals surface area contributed by atoms with Gasteiger partial charge in [-0.25, -0.2) is 4.79 Å². The molecule has 0 saturated carbocycles. The molecule has 0 saturated heterocycles. The summed E-state index contributed by atoms with van der Waals surface area (Å²) in [5.74, 6) is -0.0841. The first kappa shape index (κ1) is 36.7. The minimum Gasteiger partial charge on any atom is -0.507 e. The van der Waals surface area contributed by atoms with Gasteiger partial charge in [0, 0.05) is 29.5 Å². The van der Waals surface area contributed by atoms with Crippen LogP contribution in [0.1, 0.15) is 130 Å². The summed E-state index contributed by atoms with van der Waals surface area (Å²) >= 11 is 0. The maximum absolute atomic E-state index is 11.7. The van der Waals surface area contributed by atoms with Crippen molar-refractivity contribution < 1.29 is 29.6 Å². The summed E-state index contributed by atoms with van der Waals surface area (Å²) in [5, 5.41) is 30.3. The molecule has 0 aliphatic carbocycles. The third-order valence-electron chi connectivity index (χ3n) is 7.09. The van der Waals surface area contributed by atoms with Crippen molar-refractivity contribution in [2.45, 2.75) is 131 Å². The molecule has 2 aromatic rings. The third-order valence-corrected chi connectivity index (χ3v) is 7.09. The predicted octanol–water partition coefficient (Wildman–Crippen LogP) is 8.78. The molecule has 0 atom stereocenters. The maximum atomic E-state index is 11.7. The summed E-state index contributed by atoms with van der Waals surface area (Å²) in [6, 6.07) is 5.57. The molecule has 2 aromatic carbocycles. The number of carbonyl (C=O) groups excluding carboxylic acids is 1. The van der Waals surface area contributed by atoms with Crippen molar-refractivity contribution in [3.63, 3.8) is 0 Å². The molecule has 0 aliphatic heterocycles. The van der Waals surface area contributed by atoms with E-state index < -0.39 is 5.97 Å². The lowest BCUT2D eigenvalue weighted by atomic mass is 9.77. The molecule has 0 aliphatic rings.